The molecule has 2 amide bonds. The fourth-order valence-electron chi connectivity index (χ4n) is 2.27. The zero-order valence-corrected chi connectivity index (χ0v) is 15.9. The van der Waals surface area contributed by atoms with Gasteiger partial charge in [-0.2, -0.15) is 0 Å². The molecule has 27 heavy (non-hydrogen) atoms. The van der Waals surface area contributed by atoms with Crippen LogP contribution >= 0.6 is 11.6 Å². The molecule has 0 atom stereocenters. The average molecular weight is 391 g/mol. The van der Waals surface area contributed by atoms with E-state index in [0.717, 1.165) is 12.0 Å². The van der Waals surface area contributed by atoms with Gasteiger partial charge in [-0.15, -0.1) is 0 Å². The van der Waals surface area contributed by atoms with Crippen LogP contribution < -0.4 is 20.1 Å². The molecule has 0 aliphatic heterocycles. The number of benzene rings is 2. The normalized spacial score (nSPS) is 10.1. The van der Waals surface area contributed by atoms with Gasteiger partial charge in [0.05, 0.1) is 0 Å². The van der Waals surface area contributed by atoms with E-state index in [1.165, 1.54) is 0 Å². The Hall–Kier alpha value is -2.73. The highest BCUT2D eigenvalue weighted by molar-refractivity contribution is 6.30. The molecule has 2 aromatic rings. The van der Waals surface area contributed by atoms with Crippen LogP contribution in [0.4, 0.5) is 0 Å². The van der Waals surface area contributed by atoms with Crippen molar-refractivity contribution in [2.24, 2.45) is 0 Å². The molecule has 0 fully saturated rings. The fourth-order valence-corrected chi connectivity index (χ4v) is 2.39. The molecular formula is C20H23ClN2O4. The molecule has 6 nitrogen and oxygen atoms in total. The standard InChI is InChI=1S/C20H23ClN2O4/c1-2-15-5-3-4-6-18(15)27-14-20(25)23-12-11-22-19(24)13-26-17-9-7-16(21)8-10-17/h3-10H,2,11-14H2,1H3,(H,22,24)(H,23,25). The van der Waals surface area contributed by atoms with Crippen molar-refractivity contribution in [1.29, 1.82) is 0 Å². The number of hydrogen-bond acceptors (Lipinski definition) is 4. The Morgan fingerprint density at radius 2 is 1.48 bits per heavy atom. The molecule has 2 N–H and O–H groups in total. The first-order valence-electron chi connectivity index (χ1n) is 8.71. The molecule has 0 saturated heterocycles. The zero-order chi connectivity index (χ0) is 19.5. The predicted octanol–water partition coefficient (Wildman–Crippen LogP) is 2.59. The number of ether oxygens (including phenoxy) is 2. The Morgan fingerprint density at radius 3 is 2.11 bits per heavy atom. The van der Waals surface area contributed by atoms with E-state index in [9.17, 15) is 9.59 Å². The van der Waals surface area contributed by atoms with Crippen LogP contribution in [-0.2, 0) is 16.0 Å². The second-order valence-corrected chi connectivity index (χ2v) is 6.13. The summed E-state index contributed by atoms with van der Waals surface area (Å²) in [7, 11) is 0. The summed E-state index contributed by atoms with van der Waals surface area (Å²) >= 11 is 5.78. The second kappa shape index (κ2) is 11.1. The van der Waals surface area contributed by atoms with Crippen molar-refractivity contribution >= 4 is 23.4 Å². The number of halogens is 1. The molecule has 2 rings (SSSR count). The van der Waals surface area contributed by atoms with Gasteiger partial charge in [0.15, 0.2) is 13.2 Å². The number of aryl methyl sites for hydroxylation is 1. The topological polar surface area (TPSA) is 76.7 Å². The molecule has 0 aliphatic carbocycles. The number of rotatable bonds is 10. The van der Waals surface area contributed by atoms with Gasteiger partial charge in [-0.25, -0.2) is 0 Å². The number of para-hydroxylation sites is 1. The number of amides is 2. The molecule has 0 aromatic heterocycles. The van der Waals surface area contributed by atoms with E-state index < -0.39 is 0 Å². The second-order valence-electron chi connectivity index (χ2n) is 5.69. The Kier molecular flexibility index (Phi) is 8.45. The van der Waals surface area contributed by atoms with E-state index >= 15 is 0 Å². The smallest absolute Gasteiger partial charge is 0.258 e. The molecule has 2 aromatic carbocycles. The maximum Gasteiger partial charge on any atom is 0.258 e. The number of nitrogens with one attached hydrogen (secondary N) is 2. The van der Waals surface area contributed by atoms with Gasteiger partial charge in [0.25, 0.3) is 11.8 Å². The highest BCUT2D eigenvalue weighted by Crippen LogP contribution is 2.18. The molecule has 0 radical (unpaired) electrons. The first-order chi connectivity index (χ1) is 13.1. The van der Waals surface area contributed by atoms with Crippen LogP contribution in [0, 0.1) is 0 Å². The maximum atomic E-state index is 11.8. The lowest BCUT2D eigenvalue weighted by Crippen LogP contribution is -2.38. The van der Waals surface area contributed by atoms with E-state index in [2.05, 4.69) is 10.6 Å². The van der Waals surface area contributed by atoms with Crippen molar-refractivity contribution in [2.45, 2.75) is 13.3 Å². The monoisotopic (exact) mass is 390 g/mol. The predicted molar refractivity (Wildman–Crippen MR) is 104 cm³/mol. The summed E-state index contributed by atoms with van der Waals surface area (Å²) in [5, 5.41) is 5.96. The molecular weight excluding hydrogens is 368 g/mol. The molecule has 0 spiro atoms. The molecule has 144 valence electrons. The minimum atomic E-state index is -0.271. The third kappa shape index (κ3) is 7.58. The van der Waals surface area contributed by atoms with Gasteiger partial charge in [-0.3, -0.25) is 9.59 Å². The Balaban J connectivity index is 1.58. The minimum Gasteiger partial charge on any atom is -0.484 e. The van der Waals surface area contributed by atoms with E-state index in [1.54, 1.807) is 24.3 Å². The first kappa shape index (κ1) is 20.6. The molecule has 0 heterocycles. The first-order valence-corrected chi connectivity index (χ1v) is 9.08. The van der Waals surface area contributed by atoms with Gasteiger partial charge in [0.2, 0.25) is 0 Å². The van der Waals surface area contributed by atoms with Crippen molar-refractivity contribution in [1.82, 2.24) is 10.6 Å². The lowest BCUT2D eigenvalue weighted by atomic mass is 10.1. The highest BCUT2D eigenvalue weighted by Gasteiger charge is 2.06. The van der Waals surface area contributed by atoms with Crippen molar-refractivity contribution in [3.8, 4) is 11.5 Å². The van der Waals surface area contributed by atoms with Crippen LogP contribution in [0.2, 0.25) is 5.02 Å². The summed E-state index contributed by atoms with van der Waals surface area (Å²) in [5.41, 5.74) is 1.05. The van der Waals surface area contributed by atoms with Gasteiger partial charge >= 0.3 is 0 Å². The molecule has 7 heteroatoms. The SMILES string of the molecule is CCc1ccccc1OCC(=O)NCCNC(=O)COc1ccc(Cl)cc1. The van der Waals surface area contributed by atoms with Crippen LogP contribution in [0.25, 0.3) is 0 Å². The van der Waals surface area contributed by atoms with Gasteiger partial charge in [-0.1, -0.05) is 36.7 Å². The Bertz CT molecular complexity index is 750. The third-order valence-corrected chi connectivity index (χ3v) is 3.92. The van der Waals surface area contributed by atoms with Crippen LogP contribution in [-0.4, -0.2) is 38.1 Å². The van der Waals surface area contributed by atoms with Crippen molar-refractivity contribution in [2.75, 3.05) is 26.3 Å². The fraction of sp³-hybridized carbons (Fsp3) is 0.300. The third-order valence-electron chi connectivity index (χ3n) is 3.67. The lowest BCUT2D eigenvalue weighted by molar-refractivity contribution is -0.124. The number of carbonyl (C=O) groups is 2. The van der Waals surface area contributed by atoms with Crippen molar-refractivity contribution < 1.29 is 19.1 Å². The molecule has 0 aliphatic rings. The van der Waals surface area contributed by atoms with Gasteiger partial charge < -0.3 is 20.1 Å². The van der Waals surface area contributed by atoms with Crippen molar-refractivity contribution in [3.63, 3.8) is 0 Å². The average Bonchev–Trinajstić information content (AvgIpc) is 2.69. The van der Waals surface area contributed by atoms with E-state index in [1.807, 2.05) is 31.2 Å². The van der Waals surface area contributed by atoms with E-state index in [0.29, 0.717) is 29.6 Å². The summed E-state index contributed by atoms with van der Waals surface area (Å²) < 4.78 is 10.9. The quantitative estimate of drug-likeness (QED) is 0.611. The Labute approximate surface area is 163 Å². The largest absolute Gasteiger partial charge is 0.484 e. The number of hydrogen-bond donors (Lipinski definition) is 2. The van der Waals surface area contributed by atoms with Crippen molar-refractivity contribution in [3.05, 3.63) is 59.1 Å². The summed E-state index contributed by atoms with van der Waals surface area (Å²) in [6.07, 6.45) is 0.835. The van der Waals surface area contributed by atoms with Gasteiger partial charge in [0, 0.05) is 18.1 Å². The zero-order valence-electron chi connectivity index (χ0n) is 15.2. The van der Waals surface area contributed by atoms with Crippen LogP contribution in [0.3, 0.4) is 0 Å². The van der Waals surface area contributed by atoms with Crippen LogP contribution in [0.5, 0.6) is 11.5 Å². The summed E-state index contributed by atoms with van der Waals surface area (Å²) in [6, 6.07) is 14.4. The number of carbonyl (C=O) groups excluding carboxylic acids is 2. The van der Waals surface area contributed by atoms with Crippen LogP contribution in [0.15, 0.2) is 48.5 Å². The summed E-state index contributed by atoms with van der Waals surface area (Å²) in [6.45, 7) is 2.48. The maximum absolute atomic E-state index is 11.8. The lowest BCUT2D eigenvalue weighted by Gasteiger charge is -2.11. The van der Waals surface area contributed by atoms with E-state index in [-0.39, 0.29) is 25.0 Å². The highest BCUT2D eigenvalue weighted by atomic mass is 35.5. The van der Waals surface area contributed by atoms with Crippen LogP contribution in [0.1, 0.15) is 12.5 Å². The molecule has 0 bridgehead atoms. The molecule has 0 saturated carbocycles. The summed E-state index contributed by atoms with van der Waals surface area (Å²) in [4.78, 5) is 23.5. The van der Waals surface area contributed by atoms with Gasteiger partial charge in [0.1, 0.15) is 11.5 Å². The Morgan fingerprint density at radius 1 is 0.889 bits per heavy atom. The minimum absolute atomic E-state index is 0.0648. The van der Waals surface area contributed by atoms with E-state index in [4.69, 9.17) is 21.1 Å². The molecule has 0 unspecified atom stereocenters. The van der Waals surface area contributed by atoms with Gasteiger partial charge in [-0.05, 0) is 42.3 Å². The summed E-state index contributed by atoms with van der Waals surface area (Å²) in [5.74, 6) is 0.759.